The summed E-state index contributed by atoms with van der Waals surface area (Å²) in [5.74, 6) is 1.43. The predicted molar refractivity (Wildman–Crippen MR) is 145 cm³/mol. The van der Waals surface area contributed by atoms with Gasteiger partial charge >= 0.3 is 8.80 Å². The van der Waals surface area contributed by atoms with Crippen molar-refractivity contribution < 1.29 is 51.5 Å². The second-order valence-electron chi connectivity index (χ2n) is 9.15. The molecule has 2 rings (SSSR count). The second kappa shape index (κ2) is 20.1. The van der Waals surface area contributed by atoms with E-state index in [-0.39, 0.29) is 37.5 Å². The van der Waals surface area contributed by atoms with Crippen LogP contribution in [-0.4, -0.2) is 128 Å². The zero-order valence-electron chi connectivity index (χ0n) is 23.8. The minimum Gasteiger partial charge on any atom is -0.390 e. The molecule has 0 aromatic rings. The number of thioether (sulfide) groups is 1. The summed E-state index contributed by atoms with van der Waals surface area (Å²) in [5.41, 5.74) is 0. The molecule has 0 bridgehead atoms. The molecule has 2 heterocycles. The maximum atomic E-state index is 10.5. The first kappa shape index (κ1) is 34.3. The monoisotopic (exact) mass is 586 g/mol. The first-order chi connectivity index (χ1) is 18.4. The van der Waals surface area contributed by atoms with Crippen LogP contribution in [-0.2, 0) is 46.4 Å². The molecule has 0 spiro atoms. The fraction of sp³-hybridized carbons (Fsp3) is 1.00. The van der Waals surface area contributed by atoms with Gasteiger partial charge in [0.05, 0.1) is 52.4 Å². The highest BCUT2D eigenvalue weighted by Crippen LogP contribution is 2.20. The lowest BCUT2D eigenvalue weighted by Crippen LogP contribution is -2.46. The Morgan fingerprint density at radius 2 is 1.26 bits per heavy atom. The number of hydrogen-bond acceptors (Lipinski definition) is 12. The molecule has 2 fully saturated rings. The van der Waals surface area contributed by atoms with E-state index in [1.165, 1.54) is 0 Å². The van der Waals surface area contributed by atoms with Gasteiger partial charge in [0.15, 0.2) is 12.6 Å². The van der Waals surface area contributed by atoms with Crippen LogP contribution in [0.2, 0.25) is 6.04 Å². The molecule has 0 aromatic carbocycles. The summed E-state index contributed by atoms with van der Waals surface area (Å²) < 4.78 is 57.6. The molecule has 226 valence electrons. The van der Waals surface area contributed by atoms with Crippen molar-refractivity contribution >= 4 is 20.6 Å². The Balaban J connectivity index is 1.71. The van der Waals surface area contributed by atoms with Gasteiger partial charge in [0.2, 0.25) is 0 Å². The topological polar surface area (TPSA) is 113 Å². The smallest absolute Gasteiger partial charge is 0.390 e. The molecule has 0 saturated carbocycles. The molecule has 2 saturated heterocycles. The van der Waals surface area contributed by atoms with E-state index in [0.29, 0.717) is 65.2 Å². The van der Waals surface area contributed by atoms with Gasteiger partial charge in [-0.05, 0) is 46.8 Å². The highest BCUT2D eigenvalue weighted by Gasteiger charge is 2.39. The van der Waals surface area contributed by atoms with Crippen LogP contribution in [0.25, 0.3) is 0 Å². The molecule has 38 heavy (non-hydrogen) atoms. The van der Waals surface area contributed by atoms with E-state index in [2.05, 4.69) is 0 Å². The largest absolute Gasteiger partial charge is 0.500 e. The second-order valence-corrected chi connectivity index (χ2v) is 13.0. The average molecular weight is 587 g/mol. The van der Waals surface area contributed by atoms with Gasteiger partial charge in [-0.1, -0.05) is 0 Å². The van der Waals surface area contributed by atoms with E-state index < -0.39 is 14.9 Å². The van der Waals surface area contributed by atoms with E-state index in [4.69, 9.17) is 46.4 Å². The van der Waals surface area contributed by atoms with E-state index in [1.807, 2.05) is 34.6 Å². The Morgan fingerprint density at radius 1 is 0.789 bits per heavy atom. The number of ether oxygens (including phenoxy) is 7. The van der Waals surface area contributed by atoms with Gasteiger partial charge in [-0.25, -0.2) is 0 Å². The van der Waals surface area contributed by atoms with Crippen LogP contribution in [0.3, 0.4) is 0 Å². The quantitative estimate of drug-likeness (QED) is 0.157. The normalized spacial score (nSPS) is 26.4. The molecule has 2 aliphatic heterocycles. The SMILES string of the molecule is CCO[Si](CCCSCC(O)COC(COC1COC(C)OC1)COC1COC(C)OC1)(OCC)OCC. The fourth-order valence-electron chi connectivity index (χ4n) is 3.89. The Kier molecular flexibility index (Phi) is 18.1. The number of hydrogen-bond donors (Lipinski definition) is 1. The predicted octanol–water partition coefficient (Wildman–Crippen LogP) is 2.46. The summed E-state index contributed by atoms with van der Waals surface area (Å²) in [6.07, 6.45) is -0.849. The number of rotatable bonds is 21. The van der Waals surface area contributed by atoms with Crippen molar-refractivity contribution in [1.82, 2.24) is 0 Å². The van der Waals surface area contributed by atoms with Crippen molar-refractivity contribution in [2.75, 3.05) is 77.6 Å². The van der Waals surface area contributed by atoms with Crippen molar-refractivity contribution in [3.8, 4) is 0 Å². The standard InChI is InChI=1S/C25H50O11SSi/c1-6-34-38(35-7-2,36-8-3)11-9-10-37-19-22(26)12-31-25(17-32-23-13-27-20(4)28-14-23)18-33-24-15-29-21(5)30-16-24/h20-26H,6-19H2,1-5H3. The summed E-state index contributed by atoms with van der Waals surface area (Å²) in [7, 11) is -2.62. The van der Waals surface area contributed by atoms with Crippen molar-refractivity contribution in [3.63, 3.8) is 0 Å². The Morgan fingerprint density at radius 3 is 1.71 bits per heavy atom. The van der Waals surface area contributed by atoms with Crippen LogP contribution in [0, 0.1) is 0 Å². The molecular weight excluding hydrogens is 536 g/mol. The van der Waals surface area contributed by atoms with Gasteiger partial charge < -0.3 is 51.5 Å². The summed E-state index contributed by atoms with van der Waals surface area (Å²) in [5, 5.41) is 10.5. The highest BCUT2D eigenvalue weighted by molar-refractivity contribution is 7.99. The zero-order chi connectivity index (χ0) is 27.6. The third-order valence-electron chi connectivity index (χ3n) is 5.80. The Bertz CT molecular complexity index is 534. The lowest BCUT2D eigenvalue weighted by atomic mass is 10.3. The Labute approximate surface area is 233 Å². The fourth-order valence-corrected chi connectivity index (χ4v) is 7.65. The zero-order valence-corrected chi connectivity index (χ0v) is 25.6. The number of aliphatic hydroxyl groups is 1. The van der Waals surface area contributed by atoms with Gasteiger partial charge in [0, 0.05) is 31.6 Å². The van der Waals surface area contributed by atoms with Gasteiger partial charge in [0.25, 0.3) is 0 Å². The van der Waals surface area contributed by atoms with Gasteiger partial charge in [0.1, 0.15) is 18.3 Å². The average Bonchev–Trinajstić information content (AvgIpc) is 2.90. The van der Waals surface area contributed by atoms with Crippen LogP contribution in [0.5, 0.6) is 0 Å². The lowest BCUT2D eigenvalue weighted by molar-refractivity contribution is -0.233. The minimum atomic E-state index is -2.62. The minimum absolute atomic E-state index is 0.166. The molecule has 0 radical (unpaired) electrons. The first-order valence-electron chi connectivity index (χ1n) is 13.9. The third kappa shape index (κ3) is 14.2. The van der Waals surface area contributed by atoms with Crippen molar-refractivity contribution in [2.45, 2.75) is 84.1 Å². The molecule has 1 N–H and O–H groups in total. The van der Waals surface area contributed by atoms with Crippen LogP contribution in [0.1, 0.15) is 41.0 Å². The molecule has 0 amide bonds. The summed E-state index contributed by atoms with van der Waals surface area (Å²) >= 11 is 1.68. The third-order valence-corrected chi connectivity index (χ3v) is 10.2. The van der Waals surface area contributed by atoms with E-state index in [0.717, 1.165) is 18.2 Å². The van der Waals surface area contributed by atoms with Crippen LogP contribution in [0.4, 0.5) is 0 Å². The molecular formula is C25H50O11SSi. The van der Waals surface area contributed by atoms with Gasteiger partial charge in [-0.15, -0.1) is 0 Å². The molecule has 0 aliphatic carbocycles. The van der Waals surface area contributed by atoms with Crippen LogP contribution >= 0.6 is 11.8 Å². The number of aliphatic hydroxyl groups excluding tert-OH is 1. The van der Waals surface area contributed by atoms with E-state index in [1.54, 1.807) is 11.8 Å². The molecule has 2 aliphatic rings. The molecule has 0 aromatic heterocycles. The van der Waals surface area contributed by atoms with Gasteiger partial charge in [-0.2, -0.15) is 11.8 Å². The lowest BCUT2D eigenvalue weighted by Gasteiger charge is -2.30. The molecule has 11 nitrogen and oxygen atoms in total. The molecule has 13 heteroatoms. The maximum absolute atomic E-state index is 10.5. The summed E-state index contributed by atoms with van der Waals surface area (Å²) in [4.78, 5) is 0. The maximum Gasteiger partial charge on any atom is 0.500 e. The molecule has 1 atom stereocenters. The van der Waals surface area contributed by atoms with Crippen molar-refractivity contribution in [3.05, 3.63) is 0 Å². The van der Waals surface area contributed by atoms with Gasteiger partial charge in [-0.3, -0.25) is 0 Å². The Hall–Kier alpha value is 0.127. The van der Waals surface area contributed by atoms with E-state index in [9.17, 15) is 5.11 Å². The van der Waals surface area contributed by atoms with Crippen LogP contribution < -0.4 is 0 Å². The molecule has 1 unspecified atom stereocenters. The van der Waals surface area contributed by atoms with E-state index >= 15 is 0 Å². The summed E-state index contributed by atoms with van der Waals surface area (Å²) in [6.45, 7) is 14.0. The van der Waals surface area contributed by atoms with Crippen LogP contribution in [0.15, 0.2) is 0 Å². The van der Waals surface area contributed by atoms with Crippen molar-refractivity contribution in [1.29, 1.82) is 0 Å². The highest BCUT2D eigenvalue weighted by atomic mass is 32.2. The summed E-state index contributed by atoms with van der Waals surface area (Å²) in [6, 6.07) is 0.764. The van der Waals surface area contributed by atoms with Crippen molar-refractivity contribution in [2.24, 2.45) is 0 Å². The first-order valence-corrected chi connectivity index (χ1v) is 17.0.